The van der Waals surface area contributed by atoms with Crippen molar-refractivity contribution in [2.45, 2.75) is 25.9 Å². The van der Waals surface area contributed by atoms with Gasteiger partial charge in [-0.15, -0.1) is 6.42 Å². The van der Waals surface area contributed by atoms with E-state index in [1.54, 1.807) is 6.07 Å². The average molecular weight is 270 g/mol. The number of hydrogen-bond acceptors (Lipinski definition) is 1. The second-order valence-corrected chi connectivity index (χ2v) is 4.36. The molecule has 1 aromatic carbocycles. The lowest BCUT2D eigenvalue weighted by Crippen LogP contribution is -2.27. The van der Waals surface area contributed by atoms with E-state index in [4.69, 9.17) is 6.42 Å². The van der Waals surface area contributed by atoms with Gasteiger partial charge in [0.15, 0.2) is 0 Å². The van der Waals surface area contributed by atoms with Crippen LogP contribution in [0.15, 0.2) is 22.7 Å². The molecule has 0 aliphatic heterocycles. The SMILES string of the molecule is C#CC(C)NC(C)c1ccc(Br)cc1F. The minimum absolute atomic E-state index is 0.0666. The van der Waals surface area contributed by atoms with Gasteiger partial charge in [0.1, 0.15) is 5.82 Å². The molecule has 0 saturated carbocycles. The fraction of sp³-hybridized carbons (Fsp3) is 0.333. The summed E-state index contributed by atoms with van der Waals surface area (Å²) < 4.78 is 14.3. The molecule has 15 heavy (non-hydrogen) atoms. The molecule has 0 aliphatic carbocycles. The van der Waals surface area contributed by atoms with Gasteiger partial charge in [0.2, 0.25) is 0 Å². The Morgan fingerprint density at radius 1 is 1.47 bits per heavy atom. The standard InChI is InChI=1S/C12H13BrFN/c1-4-8(2)15-9(3)11-6-5-10(13)7-12(11)14/h1,5-9,15H,2-3H3. The molecular formula is C12H13BrFN. The van der Waals surface area contributed by atoms with Crippen molar-refractivity contribution in [3.63, 3.8) is 0 Å². The van der Waals surface area contributed by atoms with Gasteiger partial charge in [-0.05, 0) is 26.0 Å². The number of hydrogen-bond donors (Lipinski definition) is 1. The second kappa shape index (κ2) is 5.29. The van der Waals surface area contributed by atoms with Gasteiger partial charge in [-0.25, -0.2) is 4.39 Å². The van der Waals surface area contributed by atoms with Crippen LogP contribution >= 0.6 is 15.9 Å². The summed E-state index contributed by atoms with van der Waals surface area (Å²) in [4.78, 5) is 0. The van der Waals surface area contributed by atoms with E-state index in [9.17, 15) is 4.39 Å². The van der Waals surface area contributed by atoms with E-state index in [-0.39, 0.29) is 17.9 Å². The summed E-state index contributed by atoms with van der Waals surface area (Å²) in [6.07, 6.45) is 5.25. The smallest absolute Gasteiger partial charge is 0.129 e. The summed E-state index contributed by atoms with van der Waals surface area (Å²) in [6.45, 7) is 3.76. The first-order valence-corrected chi connectivity index (χ1v) is 5.51. The Labute approximate surface area is 98.2 Å². The Bertz CT molecular complexity index is 384. The van der Waals surface area contributed by atoms with E-state index in [0.717, 1.165) is 4.47 Å². The quantitative estimate of drug-likeness (QED) is 0.831. The minimum Gasteiger partial charge on any atom is -0.297 e. The first-order valence-electron chi connectivity index (χ1n) is 4.71. The van der Waals surface area contributed by atoms with Crippen molar-refractivity contribution in [2.75, 3.05) is 0 Å². The van der Waals surface area contributed by atoms with Crippen LogP contribution in [0.3, 0.4) is 0 Å². The fourth-order valence-corrected chi connectivity index (χ4v) is 1.70. The van der Waals surface area contributed by atoms with E-state index in [2.05, 4.69) is 27.2 Å². The predicted octanol–water partition coefficient (Wildman–Crippen LogP) is 3.26. The van der Waals surface area contributed by atoms with Gasteiger partial charge < -0.3 is 0 Å². The lowest BCUT2D eigenvalue weighted by Gasteiger charge is -2.17. The van der Waals surface area contributed by atoms with Crippen molar-refractivity contribution >= 4 is 15.9 Å². The first kappa shape index (κ1) is 12.2. The normalized spacial score (nSPS) is 14.3. The number of rotatable bonds is 3. The van der Waals surface area contributed by atoms with Crippen LogP contribution in [0.1, 0.15) is 25.5 Å². The van der Waals surface area contributed by atoms with E-state index in [1.807, 2.05) is 19.9 Å². The van der Waals surface area contributed by atoms with Crippen LogP contribution < -0.4 is 5.32 Å². The Morgan fingerprint density at radius 2 is 2.13 bits per heavy atom. The van der Waals surface area contributed by atoms with E-state index in [1.165, 1.54) is 6.07 Å². The fourth-order valence-electron chi connectivity index (χ4n) is 1.37. The van der Waals surface area contributed by atoms with Crippen molar-refractivity contribution < 1.29 is 4.39 Å². The summed E-state index contributed by atoms with van der Waals surface area (Å²) in [5.41, 5.74) is 0.625. The van der Waals surface area contributed by atoms with Gasteiger partial charge >= 0.3 is 0 Å². The van der Waals surface area contributed by atoms with Crippen molar-refractivity contribution in [3.8, 4) is 12.3 Å². The maximum atomic E-state index is 13.5. The maximum absolute atomic E-state index is 13.5. The Hall–Kier alpha value is -0.850. The van der Waals surface area contributed by atoms with Crippen LogP contribution in [0.4, 0.5) is 4.39 Å². The van der Waals surface area contributed by atoms with Gasteiger partial charge in [0, 0.05) is 16.1 Å². The first-order chi connectivity index (χ1) is 7.04. The molecule has 0 heterocycles. The molecule has 80 valence electrons. The highest BCUT2D eigenvalue weighted by Gasteiger charge is 2.12. The zero-order valence-electron chi connectivity index (χ0n) is 8.72. The summed E-state index contributed by atoms with van der Waals surface area (Å²) >= 11 is 3.22. The van der Waals surface area contributed by atoms with E-state index < -0.39 is 0 Å². The third-order valence-corrected chi connectivity index (χ3v) is 2.67. The lowest BCUT2D eigenvalue weighted by atomic mass is 10.1. The van der Waals surface area contributed by atoms with E-state index in [0.29, 0.717) is 5.56 Å². The summed E-state index contributed by atoms with van der Waals surface area (Å²) in [7, 11) is 0. The topological polar surface area (TPSA) is 12.0 Å². The average Bonchev–Trinajstić information content (AvgIpc) is 2.17. The van der Waals surface area contributed by atoms with Crippen LogP contribution in [-0.2, 0) is 0 Å². The molecule has 0 saturated heterocycles. The van der Waals surface area contributed by atoms with Gasteiger partial charge in [-0.3, -0.25) is 5.32 Å². The molecule has 0 amide bonds. The molecule has 2 atom stereocenters. The van der Waals surface area contributed by atoms with Crippen molar-refractivity contribution in [1.29, 1.82) is 0 Å². The van der Waals surface area contributed by atoms with E-state index >= 15 is 0 Å². The highest BCUT2D eigenvalue weighted by molar-refractivity contribution is 9.10. The predicted molar refractivity (Wildman–Crippen MR) is 63.9 cm³/mol. The summed E-state index contributed by atoms with van der Waals surface area (Å²) in [5.74, 6) is 2.33. The Morgan fingerprint density at radius 3 is 2.67 bits per heavy atom. The molecule has 0 aromatic heterocycles. The Kier molecular flexibility index (Phi) is 4.31. The molecule has 0 fully saturated rings. The number of benzene rings is 1. The minimum atomic E-state index is -0.228. The van der Waals surface area contributed by atoms with Crippen LogP contribution in [0.25, 0.3) is 0 Å². The monoisotopic (exact) mass is 269 g/mol. The van der Waals surface area contributed by atoms with Crippen molar-refractivity contribution in [3.05, 3.63) is 34.1 Å². The molecule has 3 heteroatoms. The zero-order valence-corrected chi connectivity index (χ0v) is 10.3. The van der Waals surface area contributed by atoms with Crippen molar-refractivity contribution in [2.24, 2.45) is 0 Å². The van der Waals surface area contributed by atoms with Gasteiger partial charge in [-0.2, -0.15) is 0 Å². The Balaban J connectivity index is 2.83. The largest absolute Gasteiger partial charge is 0.297 e. The van der Waals surface area contributed by atoms with Crippen LogP contribution in [0.5, 0.6) is 0 Å². The third kappa shape index (κ3) is 3.33. The van der Waals surface area contributed by atoms with Gasteiger partial charge in [0.05, 0.1) is 6.04 Å². The molecule has 0 radical (unpaired) electrons. The molecule has 0 aliphatic rings. The molecular weight excluding hydrogens is 257 g/mol. The number of halogens is 2. The third-order valence-electron chi connectivity index (χ3n) is 2.18. The highest BCUT2D eigenvalue weighted by Crippen LogP contribution is 2.21. The van der Waals surface area contributed by atoms with Crippen LogP contribution in [-0.4, -0.2) is 6.04 Å². The van der Waals surface area contributed by atoms with Gasteiger partial charge in [-0.1, -0.05) is 27.9 Å². The number of terminal acetylenes is 1. The van der Waals surface area contributed by atoms with Crippen molar-refractivity contribution in [1.82, 2.24) is 5.32 Å². The molecule has 1 rings (SSSR count). The van der Waals surface area contributed by atoms with Crippen LogP contribution in [0, 0.1) is 18.2 Å². The highest BCUT2D eigenvalue weighted by atomic mass is 79.9. The lowest BCUT2D eigenvalue weighted by molar-refractivity contribution is 0.511. The number of nitrogens with one attached hydrogen (secondary N) is 1. The molecule has 2 unspecified atom stereocenters. The molecule has 1 aromatic rings. The molecule has 0 spiro atoms. The van der Waals surface area contributed by atoms with Gasteiger partial charge in [0.25, 0.3) is 0 Å². The molecule has 1 nitrogen and oxygen atoms in total. The second-order valence-electron chi connectivity index (χ2n) is 3.44. The zero-order chi connectivity index (χ0) is 11.4. The molecule has 1 N–H and O–H groups in total. The van der Waals surface area contributed by atoms with Crippen LogP contribution in [0.2, 0.25) is 0 Å². The maximum Gasteiger partial charge on any atom is 0.129 e. The summed E-state index contributed by atoms with van der Waals surface area (Å²) in [5, 5.41) is 3.11. The molecule has 0 bridgehead atoms. The summed E-state index contributed by atoms with van der Waals surface area (Å²) in [6, 6.07) is 4.86.